The van der Waals surface area contributed by atoms with Crippen molar-refractivity contribution in [3.63, 3.8) is 0 Å². The standard InChI is InChI=1S/C11H19NO/c1-9(2)13-11-7-3-5-10(11)6-4-8-12/h9-11H,3-7H2,1-2H3. The molecule has 1 saturated carbocycles. The first-order valence-corrected chi connectivity index (χ1v) is 5.26. The van der Waals surface area contributed by atoms with E-state index in [9.17, 15) is 0 Å². The molecule has 1 aliphatic rings. The maximum Gasteiger partial charge on any atom is 0.0621 e. The maximum atomic E-state index is 8.50. The molecular weight excluding hydrogens is 162 g/mol. The molecule has 0 radical (unpaired) electrons. The predicted molar refractivity (Wildman–Crippen MR) is 52.2 cm³/mol. The van der Waals surface area contributed by atoms with E-state index in [1.807, 2.05) is 0 Å². The lowest BCUT2D eigenvalue weighted by Crippen LogP contribution is -2.21. The Morgan fingerprint density at radius 2 is 2.23 bits per heavy atom. The van der Waals surface area contributed by atoms with Crippen LogP contribution in [0.2, 0.25) is 0 Å². The highest BCUT2D eigenvalue weighted by molar-refractivity contribution is 4.82. The SMILES string of the molecule is CC(C)OC1CCCC1CCC#N. The molecule has 2 atom stereocenters. The van der Waals surface area contributed by atoms with Gasteiger partial charge in [0.15, 0.2) is 0 Å². The van der Waals surface area contributed by atoms with Gasteiger partial charge in [-0.05, 0) is 39.0 Å². The molecule has 1 fully saturated rings. The van der Waals surface area contributed by atoms with Crippen molar-refractivity contribution in [2.24, 2.45) is 5.92 Å². The topological polar surface area (TPSA) is 33.0 Å². The van der Waals surface area contributed by atoms with Crippen LogP contribution in [0.3, 0.4) is 0 Å². The van der Waals surface area contributed by atoms with Crippen LogP contribution in [0.15, 0.2) is 0 Å². The summed E-state index contributed by atoms with van der Waals surface area (Å²) < 4.78 is 5.81. The molecule has 2 nitrogen and oxygen atoms in total. The van der Waals surface area contributed by atoms with Gasteiger partial charge >= 0.3 is 0 Å². The van der Waals surface area contributed by atoms with Crippen LogP contribution in [0.25, 0.3) is 0 Å². The van der Waals surface area contributed by atoms with E-state index in [1.165, 1.54) is 19.3 Å². The third-order valence-electron chi connectivity index (χ3n) is 2.66. The van der Waals surface area contributed by atoms with Gasteiger partial charge in [-0.15, -0.1) is 0 Å². The molecule has 1 aliphatic carbocycles. The average molecular weight is 181 g/mol. The first-order valence-electron chi connectivity index (χ1n) is 5.26. The Labute approximate surface area is 80.9 Å². The Morgan fingerprint density at radius 3 is 2.85 bits per heavy atom. The van der Waals surface area contributed by atoms with Crippen molar-refractivity contribution in [1.29, 1.82) is 5.26 Å². The molecule has 0 aliphatic heterocycles. The van der Waals surface area contributed by atoms with E-state index >= 15 is 0 Å². The molecule has 74 valence electrons. The smallest absolute Gasteiger partial charge is 0.0621 e. The van der Waals surface area contributed by atoms with Crippen molar-refractivity contribution in [1.82, 2.24) is 0 Å². The fourth-order valence-corrected chi connectivity index (χ4v) is 2.11. The van der Waals surface area contributed by atoms with Crippen molar-refractivity contribution >= 4 is 0 Å². The number of nitriles is 1. The van der Waals surface area contributed by atoms with Crippen LogP contribution >= 0.6 is 0 Å². The highest BCUT2D eigenvalue weighted by Crippen LogP contribution is 2.32. The maximum absolute atomic E-state index is 8.50. The zero-order valence-corrected chi connectivity index (χ0v) is 8.62. The number of nitrogens with zero attached hydrogens (tertiary/aromatic N) is 1. The van der Waals surface area contributed by atoms with Gasteiger partial charge < -0.3 is 4.74 Å². The number of hydrogen-bond acceptors (Lipinski definition) is 2. The van der Waals surface area contributed by atoms with Crippen LogP contribution in [0.1, 0.15) is 46.0 Å². The number of ether oxygens (including phenoxy) is 1. The molecule has 0 saturated heterocycles. The van der Waals surface area contributed by atoms with Gasteiger partial charge in [-0.2, -0.15) is 5.26 Å². The summed E-state index contributed by atoms with van der Waals surface area (Å²) in [5.41, 5.74) is 0. The van der Waals surface area contributed by atoms with Crippen molar-refractivity contribution in [3.05, 3.63) is 0 Å². The Morgan fingerprint density at radius 1 is 1.46 bits per heavy atom. The van der Waals surface area contributed by atoms with Gasteiger partial charge in [0.1, 0.15) is 0 Å². The van der Waals surface area contributed by atoms with E-state index in [2.05, 4.69) is 19.9 Å². The average Bonchev–Trinajstić information content (AvgIpc) is 2.48. The molecule has 2 unspecified atom stereocenters. The summed E-state index contributed by atoms with van der Waals surface area (Å²) >= 11 is 0. The minimum Gasteiger partial charge on any atom is -0.375 e. The predicted octanol–water partition coefficient (Wildman–Crippen LogP) is 2.88. The molecule has 0 N–H and O–H groups in total. The van der Waals surface area contributed by atoms with E-state index in [1.54, 1.807) is 0 Å². The highest BCUT2D eigenvalue weighted by atomic mass is 16.5. The first kappa shape index (κ1) is 10.5. The van der Waals surface area contributed by atoms with Crippen molar-refractivity contribution in [3.8, 4) is 6.07 Å². The van der Waals surface area contributed by atoms with Gasteiger partial charge in [-0.25, -0.2) is 0 Å². The number of hydrogen-bond donors (Lipinski definition) is 0. The molecule has 13 heavy (non-hydrogen) atoms. The van der Waals surface area contributed by atoms with Crippen molar-refractivity contribution in [2.45, 2.75) is 58.2 Å². The van der Waals surface area contributed by atoms with Crippen LogP contribution in [0.5, 0.6) is 0 Å². The molecule has 0 amide bonds. The third-order valence-corrected chi connectivity index (χ3v) is 2.66. The van der Waals surface area contributed by atoms with Gasteiger partial charge in [0.05, 0.1) is 18.3 Å². The van der Waals surface area contributed by atoms with Crippen molar-refractivity contribution < 1.29 is 4.74 Å². The fourth-order valence-electron chi connectivity index (χ4n) is 2.11. The summed E-state index contributed by atoms with van der Waals surface area (Å²) in [6.07, 6.45) is 6.16. The van der Waals surface area contributed by atoms with Crippen LogP contribution in [-0.2, 0) is 4.74 Å². The lowest BCUT2D eigenvalue weighted by atomic mass is 10.00. The zero-order valence-electron chi connectivity index (χ0n) is 8.62. The molecule has 0 aromatic heterocycles. The first-order chi connectivity index (χ1) is 6.24. The summed E-state index contributed by atoms with van der Waals surface area (Å²) in [4.78, 5) is 0. The highest BCUT2D eigenvalue weighted by Gasteiger charge is 2.27. The van der Waals surface area contributed by atoms with Gasteiger partial charge in [0, 0.05) is 6.42 Å². The summed E-state index contributed by atoms with van der Waals surface area (Å²) in [5, 5.41) is 8.50. The van der Waals surface area contributed by atoms with E-state index in [0.717, 1.165) is 6.42 Å². The second kappa shape index (κ2) is 5.24. The Hall–Kier alpha value is -0.550. The summed E-state index contributed by atoms with van der Waals surface area (Å²) in [5.74, 6) is 0.641. The lowest BCUT2D eigenvalue weighted by Gasteiger charge is -2.21. The normalized spacial score (nSPS) is 27.8. The summed E-state index contributed by atoms with van der Waals surface area (Å²) in [7, 11) is 0. The quantitative estimate of drug-likeness (QED) is 0.668. The molecule has 1 rings (SSSR count). The van der Waals surface area contributed by atoms with E-state index in [4.69, 9.17) is 10.00 Å². The van der Waals surface area contributed by atoms with Crippen LogP contribution in [0, 0.1) is 17.2 Å². The molecule has 0 bridgehead atoms. The fraction of sp³-hybridized carbons (Fsp3) is 0.909. The lowest BCUT2D eigenvalue weighted by molar-refractivity contribution is -0.0145. The second-order valence-electron chi connectivity index (χ2n) is 4.11. The summed E-state index contributed by atoms with van der Waals surface area (Å²) in [6, 6.07) is 2.21. The Kier molecular flexibility index (Phi) is 4.24. The summed E-state index contributed by atoms with van der Waals surface area (Å²) in [6.45, 7) is 4.17. The minimum absolute atomic E-state index is 0.327. The van der Waals surface area contributed by atoms with Gasteiger partial charge in [0.2, 0.25) is 0 Å². The minimum atomic E-state index is 0.327. The third kappa shape index (κ3) is 3.36. The van der Waals surface area contributed by atoms with Crippen LogP contribution in [-0.4, -0.2) is 12.2 Å². The van der Waals surface area contributed by atoms with E-state index in [0.29, 0.717) is 24.5 Å². The molecule has 0 spiro atoms. The van der Waals surface area contributed by atoms with E-state index < -0.39 is 0 Å². The molecule has 0 aromatic rings. The molecule has 0 aromatic carbocycles. The van der Waals surface area contributed by atoms with Crippen LogP contribution < -0.4 is 0 Å². The Bertz CT molecular complexity index is 183. The van der Waals surface area contributed by atoms with Gasteiger partial charge in [0.25, 0.3) is 0 Å². The molecule has 0 heterocycles. The Balaban J connectivity index is 2.31. The van der Waals surface area contributed by atoms with E-state index in [-0.39, 0.29) is 0 Å². The van der Waals surface area contributed by atoms with Gasteiger partial charge in [-0.1, -0.05) is 6.42 Å². The van der Waals surface area contributed by atoms with Gasteiger partial charge in [-0.3, -0.25) is 0 Å². The van der Waals surface area contributed by atoms with Crippen molar-refractivity contribution in [2.75, 3.05) is 0 Å². The molecule has 2 heteroatoms. The number of rotatable bonds is 4. The zero-order chi connectivity index (χ0) is 9.68. The monoisotopic (exact) mass is 181 g/mol. The van der Waals surface area contributed by atoms with Crippen LogP contribution in [0.4, 0.5) is 0 Å². The largest absolute Gasteiger partial charge is 0.375 e. The molecular formula is C11H19NO. The second-order valence-corrected chi connectivity index (χ2v) is 4.11.